The average molecular weight is 386 g/mol. The highest BCUT2D eigenvalue weighted by atomic mass is 19.3. The van der Waals surface area contributed by atoms with Crippen LogP contribution in [-0.4, -0.2) is 45.2 Å². The van der Waals surface area contributed by atoms with Gasteiger partial charge in [0, 0.05) is 38.7 Å². The Balaban J connectivity index is 2.64. The summed E-state index contributed by atoms with van der Waals surface area (Å²) in [4.78, 5) is 15.6. The molecule has 9 heteroatoms. The normalized spacial score (nSPS) is 11.3. The molecule has 7 nitrogen and oxygen atoms in total. The van der Waals surface area contributed by atoms with E-state index in [1.54, 1.807) is 32.2 Å². The Morgan fingerprint density at radius 3 is 2.59 bits per heavy atom. The predicted octanol–water partition coefficient (Wildman–Crippen LogP) is 2.27. The van der Waals surface area contributed by atoms with E-state index in [9.17, 15) is 13.6 Å². The van der Waals surface area contributed by atoms with Crippen molar-refractivity contribution < 1.29 is 23.0 Å². The summed E-state index contributed by atoms with van der Waals surface area (Å²) >= 11 is 0. The van der Waals surface area contributed by atoms with Gasteiger partial charge in [0.15, 0.2) is 17.5 Å². The maximum absolute atomic E-state index is 12.7. The highest BCUT2D eigenvalue weighted by Gasteiger charge is 2.16. The molecular formula is C18H28F2N4O3. The van der Waals surface area contributed by atoms with Crippen LogP contribution >= 0.6 is 0 Å². The van der Waals surface area contributed by atoms with Crippen molar-refractivity contribution >= 4 is 11.9 Å². The highest BCUT2D eigenvalue weighted by molar-refractivity contribution is 5.81. The third-order valence-electron chi connectivity index (χ3n) is 3.45. The van der Waals surface area contributed by atoms with Gasteiger partial charge in [0.1, 0.15) is 0 Å². The van der Waals surface area contributed by atoms with Crippen LogP contribution in [0.1, 0.15) is 32.3 Å². The third-order valence-corrected chi connectivity index (χ3v) is 3.45. The average Bonchev–Trinajstić information content (AvgIpc) is 2.64. The number of rotatable bonds is 11. The smallest absolute Gasteiger partial charge is 0.387 e. The molecule has 1 aromatic carbocycles. The third kappa shape index (κ3) is 8.57. The minimum atomic E-state index is -2.95. The fourth-order valence-electron chi connectivity index (χ4n) is 2.24. The van der Waals surface area contributed by atoms with Crippen molar-refractivity contribution in [3.05, 3.63) is 23.8 Å². The van der Waals surface area contributed by atoms with Crippen LogP contribution in [0, 0.1) is 0 Å². The molecule has 0 saturated carbocycles. The molecule has 1 aromatic rings. The Morgan fingerprint density at radius 2 is 1.96 bits per heavy atom. The minimum absolute atomic E-state index is 0.00348. The van der Waals surface area contributed by atoms with Crippen LogP contribution in [0.2, 0.25) is 0 Å². The summed E-state index contributed by atoms with van der Waals surface area (Å²) in [5.74, 6) is 0.656. The van der Waals surface area contributed by atoms with Gasteiger partial charge in [-0.15, -0.1) is 0 Å². The van der Waals surface area contributed by atoms with Gasteiger partial charge in [-0.3, -0.25) is 9.79 Å². The van der Waals surface area contributed by atoms with E-state index in [2.05, 4.69) is 25.7 Å². The number of amides is 1. The number of hydrogen-bond acceptors (Lipinski definition) is 4. The molecule has 0 fully saturated rings. The maximum atomic E-state index is 12.7. The Labute approximate surface area is 158 Å². The number of hydrogen-bond donors (Lipinski definition) is 3. The standard InChI is InChI=1S/C18H28F2N4O3/c1-4-10-22-15(25)9-11-23-18(21-3)24-12-13-7-6-8-14(26-5-2)16(13)27-17(19)20/h6-8,17H,4-5,9-12H2,1-3H3,(H,22,25)(H2,21,23,24). The fraction of sp³-hybridized carbons (Fsp3) is 0.556. The maximum Gasteiger partial charge on any atom is 0.387 e. The van der Waals surface area contributed by atoms with Crippen LogP contribution in [-0.2, 0) is 11.3 Å². The number of para-hydroxylation sites is 1. The molecule has 0 unspecified atom stereocenters. The van der Waals surface area contributed by atoms with Crippen molar-refractivity contribution in [3.8, 4) is 11.5 Å². The number of ether oxygens (including phenoxy) is 2. The predicted molar refractivity (Wildman–Crippen MR) is 100 cm³/mol. The number of halogens is 2. The molecule has 0 aliphatic rings. The molecule has 27 heavy (non-hydrogen) atoms. The first-order valence-electron chi connectivity index (χ1n) is 8.92. The summed E-state index contributed by atoms with van der Waals surface area (Å²) in [7, 11) is 1.58. The molecule has 0 aliphatic carbocycles. The SMILES string of the molecule is CCCNC(=O)CCNC(=NC)NCc1cccc(OCC)c1OC(F)F. The van der Waals surface area contributed by atoms with E-state index in [-0.39, 0.29) is 24.0 Å². The van der Waals surface area contributed by atoms with Crippen molar-refractivity contribution in [2.75, 3.05) is 26.7 Å². The molecule has 0 heterocycles. The summed E-state index contributed by atoms with van der Waals surface area (Å²) in [5, 5.41) is 8.80. The van der Waals surface area contributed by atoms with Crippen LogP contribution < -0.4 is 25.4 Å². The van der Waals surface area contributed by atoms with E-state index in [0.717, 1.165) is 6.42 Å². The lowest BCUT2D eigenvalue weighted by atomic mass is 10.2. The van der Waals surface area contributed by atoms with Crippen LogP contribution in [0.3, 0.4) is 0 Å². The summed E-state index contributed by atoms with van der Waals surface area (Å²) in [6.07, 6.45) is 1.19. The number of carbonyl (C=O) groups is 1. The molecule has 0 atom stereocenters. The van der Waals surface area contributed by atoms with E-state index in [4.69, 9.17) is 4.74 Å². The van der Waals surface area contributed by atoms with E-state index in [1.807, 2.05) is 6.92 Å². The van der Waals surface area contributed by atoms with Gasteiger partial charge < -0.3 is 25.4 Å². The molecule has 1 rings (SSSR count). The van der Waals surface area contributed by atoms with Crippen LogP contribution in [0.4, 0.5) is 8.78 Å². The van der Waals surface area contributed by atoms with Gasteiger partial charge in [0.05, 0.1) is 6.61 Å². The van der Waals surface area contributed by atoms with Crippen LogP contribution in [0.15, 0.2) is 23.2 Å². The zero-order chi connectivity index (χ0) is 20.1. The number of aliphatic imine (C=N–C) groups is 1. The van der Waals surface area contributed by atoms with Gasteiger partial charge in [-0.1, -0.05) is 19.1 Å². The topological polar surface area (TPSA) is 84.0 Å². The van der Waals surface area contributed by atoms with Crippen molar-refractivity contribution in [1.29, 1.82) is 0 Å². The van der Waals surface area contributed by atoms with Crippen molar-refractivity contribution in [1.82, 2.24) is 16.0 Å². The second-order valence-corrected chi connectivity index (χ2v) is 5.51. The van der Waals surface area contributed by atoms with Gasteiger partial charge in [0.2, 0.25) is 5.91 Å². The van der Waals surface area contributed by atoms with Crippen molar-refractivity contribution in [2.24, 2.45) is 4.99 Å². The van der Waals surface area contributed by atoms with Crippen molar-refractivity contribution in [2.45, 2.75) is 39.8 Å². The summed E-state index contributed by atoms with van der Waals surface area (Å²) < 4.78 is 35.5. The highest BCUT2D eigenvalue weighted by Crippen LogP contribution is 2.32. The zero-order valence-electron chi connectivity index (χ0n) is 16.0. The lowest BCUT2D eigenvalue weighted by Crippen LogP contribution is -2.39. The Hall–Kier alpha value is -2.58. The molecule has 0 radical (unpaired) electrons. The number of guanidine groups is 1. The Morgan fingerprint density at radius 1 is 1.19 bits per heavy atom. The fourth-order valence-corrected chi connectivity index (χ4v) is 2.24. The molecule has 1 amide bonds. The number of carbonyl (C=O) groups excluding carboxylic acids is 1. The largest absolute Gasteiger partial charge is 0.490 e. The summed E-state index contributed by atoms with van der Waals surface area (Å²) in [5.41, 5.74) is 0.505. The van der Waals surface area contributed by atoms with Gasteiger partial charge in [-0.05, 0) is 19.4 Å². The van der Waals surface area contributed by atoms with Gasteiger partial charge >= 0.3 is 6.61 Å². The zero-order valence-corrected chi connectivity index (χ0v) is 16.0. The Kier molecular flexibility index (Phi) is 10.6. The number of alkyl halides is 2. The first-order chi connectivity index (χ1) is 13.0. The molecule has 3 N–H and O–H groups in total. The van der Waals surface area contributed by atoms with Gasteiger partial charge in [-0.2, -0.15) is 8.78 Å². The lowest BCUT2D eigenvalue weighted by molar-refractivity contribution is -0.120. The summed E-state index contributed by atoms with van der Waals surface area (Å²) in [6.45, 7) is 2.37. The second-order valence-electron chi connectivity index (χ2n) is 5.51. The van der Waals surface area contributed by atoms with Gasteiger partial charge in [-0.25, -0.2) is 0 Å². The lowest BCUT2D eigenvalue weighted by Gasteiger charge is -2.17. The van der Waals surface area contributed by atoms with E-state index in [1.165, 1.54) is 0 Å². The van der Waals surface area contributed by atoms with E-state index < -0.39 is 6.61 Å². The first-order valence-corrected chi connectivity index (χ1v) is 8.92. The quantitative estimate of drug-likeness (QED) is 0.401. The molecule has 0 bridgehead atoms. The molecule has 152 valence electrons. The minimum Gasteiger partial charge on any atom is -0.490 e. The molecule has 0 aromatic heterocycles. The number of nitrogens with one attached hydrogen (secondary N) is 3. The first kappa shape index (κ1) is 22.5. The molecule has 0 aliphatic heterocycles. The van der Waals surface area contributed by atoms with Gasteiger partial charge in [0.25, 0.3) is 0 Å². The molecule has 0 saturated heterocycles. The number of benzene rings is 1. The van der Waals surface area contributed by atoms with E-state index in [0.29, 0.717) is 37.6 Å². The molecular weight excluding hydrogens is 358 g/mol. The molecule has 0 spiro atoms. The summed E-state index contributed by atoms with van der Waals surface area (Å²) in [6, 6.07) is 4.94. The van der Waals surface area contributed by atoms with Crippen molar-refractivity contribution in [3.63, 3.8) is 0 Å². The number of nitrogens with zero attached hydrogens (tertiary/aromatic N) is 1. The second kappa shape index (κ2) is 12.7. The monoisotopic (exact) mass is 386 g/mol. The van der Waals surface area contributed by atoms with E-state index >= 15 is 0 Å². The van der Waals surface area contributed by atoms with Crippen LogP contribution in [0.25, 0.3) is 0 Å². The Bertz CT molecular complexity index is 612. The van der Waals surface area contributed by atoms with Crippen LogP contribution in [0.5, 0.6) is 11.5 Å².